The van der Waals surface area contributed by atoms with Gasteiger partial charge in [0.1, 0.15) is 0 Å². The molecule has 0 spiro atoms. The zero-order chi connectivity index (χ0) is 8.97. The van der Waals surface area contributed by atoms with Gasteiger partial charge in [0.2, 0.25) is 0 Å². The Morgan fingerprint density at radius 3 is 3.00 bits per heavy atom. The molecule has 0 amide bonds. The van der Waals surface area contributed by atoms with Crippen molar-refractivity contribution in [2.24, 2.45) is 5.92 Å². The van der Waals surface area contributed by atoms with Gasteiger partial charge in [-0.2, -0.15) is 0 Å². The van der Waals surface area contributed by atoms with Crippen molar-refractivity contribution < 1.29 is 9.90 Å². The number of nitrogens with zero attached hydrogens (tertiary/aromatic N) is 1. The molecule has 0 aromatic heterocycles. The molecule has 1 N–H and O–H groups in total. The minimum Gasteiger partial charge on any atom is -0.481 e. The molecule has 1 aliphatic rings. The van der Waals surface area contributed by atoms with Crippen LogP contribution in [0.2, 0.25) is 0 Å². The van der Waals surface area contributed by atoms with Crippen LogP contribution in [0.15, 0.2) is 0 Å². The SMILES string of the molecule is O=C(O)C1CCCN(CCBr)C1. The Morgan fingerprint density at radius 2 is 2.42 bits per heavy atom. The van der Waals surface area contributed by atoms with Crippen LogP contribution in [0.1, 0.15) is 12.8 Å². The van der Waals surface area contributed by atoms with Gasteiger partial charge in [0.25, 0.3) is 0 Å². The van der Waals surface area contributed by atoms with Crippen molar-refractivity contribution in [1.29, 1.82) is 0 Å². The summed E-state index contributed by atoms with van der Waals surface area (Å²) in [6.45, 7) is 2.74. The minimum atomic E-state index is -0.644. The van der Waals surface area contributed by atoms with Crippen LogP contribution in [0.5, 0.6) is 0 Å². The van der Waals surface area contributed by atoms with E-state index in [1.54, 1.807) is 0 Å². The summed E-state index contributed by atoms with van der Waals surface area (Å²) < 4.78 is 0. The Hall–Kier alpha value is -0.0900. The van der Waals surface area contributed by atoms with Crippen molar-refractivity contribution in [2.45, 2.75) is 12.8 Å². The number of carbonyl (C=O) groups is 1. The number of likely N-dealkylation sites (tertiary alicyclic amines) is 1. The lowest BCUT2D eigenvalue weighted by molar-refractivity contribution is -0.143. The van der Waals surface area contributed by atoms with Crippen molar-refractivity contribution in [1.82, 2.24) is 4.90 Å². The highest BCUT2D eigenvalue weighted by Gasteiger charge is 2.24. The van der Waals surface area contributed by atoms with Crippen molar-refractivity contribution >= 4 is 21.9 Å². The Labute approximate surface area is 80.9 Å². The average Bonchev–Trinajstić information content (AvgIpc) is 2.05. The van der Waals surface area contributed by atoms with Crippen LogP contribution in [0, 0.1) is 5.92 Å². The number of hydrogen-bond donors (Lipinski definition) is 1. The van der Waals surface area contributed by atoms with E-state index in [0.29, 0.717) is 0 Å². The Morgan fingerprint density at radius 1 is 1.67 bits per heavy atom. The zero-order valence-electron chi connectivity index (χ0n) is 7.00. The average molecular weight is 236 g/mol. The first kappa shape index (κ1) is 9.99. The molecule has 1 saturated heterocycles. The quantitative estimate of drug-likeness (QED) is 0.748. The standard InChI is InChI=1S/C8H14BrNO2/c9-3-5-10-4-1-2-7(6-10)8(11)12/h7H,1-6H2,(H,11,12). The number of hydrogen-bond acceptors (Lipinski definition) is 2. The normalized spacial score (nSPS) is 25.6. The molecule has 12 heavy (non-hydrogen) atoms. The van der Waals surface area contributed by atoms with Crippen LogP contribution in [-0.2, 0) is 4.79 Å². The Bertz CT molecular complexity index is 161. The van der Waals surface area contributed by atoms with Gasteiger partial charge < -0.3 is 10.0 Å². The first-order chi connectivity index (χ1) is 5.74. The predicted octanol–water partition coefficient (Wildman–Crippen LogP) is 1.18. The van der Waals surface area contributed by atoms with Crippen LogP contribution in [-0.4, -0.2) is 40.9 Å². The van der Waals surface area contributed by atoms with Gasteiger partial charge in [0, 0.05) is 18.4 Å². The molecule has 0 aromatic carbocycles. The van der Waals surface area contributed by atoms with Gasteiger partial charge in [-0.3, -0.25) is 4.79 Å². The van der Waals surface area contributed by atoms with Crippen molar-refractivity contribution in [3.8, 4) is 0 Å². The Balaban J connectivity index is 2.35. The molecule has 0 aromatic rings. The molecular weight excluding hydrogens is 222 g/mol. The maximum atomic E-state index is 10.7. The summed E-state index contributed by atoms with van der Waals surface area (Å²) in [5.41, 5.74) is 0. The van der Waals surface area contributed by atoms with E-state index in [1.165, 1.54) is 0 Å². The Kier molecular flexibility index (Phi) is 4.01. The third-order valence-electron chi connectivity index (χ3n) is 2.26. The number of rotatable bonds is 3. The predicted molar refractivity (Wildman–Crippen MR) is 50.6 cm³/mol. The summed E-state index contributed by atoms with van der Waals surface area (Å²) in [6, 6.07) is 0. The number of alkyl halides is 1. The molecule has 0 radical (unpaired) electrons. The number of carboxylic acids is 1. The molecule has 1 rings (SSSR count). The minimum absolute atomic E-state index is 0.141. The lowest BCUT2D eigenvalue weighted by Gasteiger charge is -2.29. The van der Waals surface area contributed by atoms with Crippen molar-refractivity contribution in [3.63, 3.8) is 0 Å². The maximum Gasteiger partial charge on any atom is 0.307 e. The molecule has 1 aliphatic heterocycles. The first-order valence-electron chi connectivity index (χ1n) is 4.25. The van der Waals surface area contributed by atoms with Gasteiger partial charge >= 0.3 is 5.97 Å². The van der Waals surface area contributed by atoms with Gasteiger partial charge in [-0.05, 0) is 19.4 Å². The van der Waals surface area contributed by atoms with Gasteiger partial charge in [-0.1, -0.05) is 15.9 Å². The molecular formula is C8H14BrNO2. The molecule has 4 heteroatoms. The number of halogens is 1. The van der Waals surface area contributed by atoms with Crippen LogP contribution in [0.25, 0.3) is 0 Å². The number of carboxylic acid groups (broad SMARTS) is 1. The van der Waals surface area contributed by atoms with Gasteiger partial charge in [0.05, 0.1) is 5.92 Å². The molecule has 0 bridgehead atoms. The van der Waals surface area contributed by atoms with Crippen LogP contribution in [0.3, 0.4) is 0 Å². The van der Waals surface area contributed by atoms with E-state index < -0.39 is 5.97 Å². The lowest BCUT2D eigenvalue weighted by Crippen LogP contribution is -2.39. The van der Waals surface area contributed by atoms with Crippen LogP contribution >= 0.6 is 15.9 Å². The molecule has 70 valence electrons. The van der Waals surface area contributed by atoms with E-state index in [9.17, 15) is 4.79 Å². The number of piperidine rings is 1. The second-order valence-electron chi connectivity index (χ2n) is 3.17. The molecule has 0 saturated carbocycles. The summed E-state index contributed by atoms with van der Waals surface area (Å²) in [5.74, 6) is -0.785. The third-order valence-corrected chi connectivity index (χ3v) is 2.61. The molecule has 3 nitrogen and oxygen atoms in total. The molecule has 1 fully saturated rings. The summed E-state index contributed by atoms with van der Waals surface area (Å²) in [6.07, 6.45) is 1.86. The van der Waals surface area contributed by atoms with E-state index in [1.807, 2.05) is 0 Å². The van der Waals surface area contributed by atoms with Crippen molar-refractivity contribution in [3.05, 3.63) is 0 Å². The molecule has 1 atom stereocenters. The first-order valence-corrected chi connectivity index (χ1v) is 5.37. The lowest BCUT2D eigenvalue weighted by atomic mass is 9.98. The van der Waals surface area contributed by atoms with E-state index in [-0.39, 0.29) is 5.92 Å². The summed E-state index contributed by atoms with van der Waals surface area (Å²) in [7, 11) is 0. The van der Waals surface area contributed by atoms with Crippen LogP contribution in [0.4, 0.5) is 0 Å². The summed E-state index contributed by atoms with van der Waals surface area (Å²) in [5, 5.41) is 9.72. The van der Waals surface area contributed by atoms with Gasteiger partial charge in [0.15, 0.2) is 0 Å². The van der Waals surface area contributed by atoms with E-state index >= 15 is 0 Å². The van der Waals surface area contributed by atoms with Gasteiger partial charge in [-0.25, -0.2) is 0 Å². The third kappa shape index (κ3) is 2.75. The highest BCUT2D eigenvalue weighted by Crippen LogP contribution is 2.16. The largest absolute Gasteiger partial charge is 0.481 e. The fourth-order valence-corrected chi connectivity index (χ4v) is 2.08. The smallest absolute Gasteiger partial charge is 0.307 e. The molecule has 1 unspecified atom stereocenters. The highest BCUT2D eigenvalue weighted by atomic mass is 79.9. The summed E-state index contributed by atoms with van der Waals surface area (Å²) >= 11 is 3.35. The van der Waals surface area contributed by atoms with Crippen molar-refractivity contribution in [2.75, 3.05) is 25.0 Å². The summed E-state index contributed by atoms with van der Waals surface area (Å²) in [4.78, 5) is 12.9. The second kappa shape index (κ2) is 4.82. The van der Waals surface area contributed by atoms with E-state index in [0.717, 1.165) is 37.8 Å². The molecule has 0 aliphatic carbocycles. The van der Waals surface area contributed by atoms with Crippen LogP contribution < -0.4 is 0 Å². The van der Waals surface area contributed by atoms with Gasteiger partial charge in [-0.15, -0.1) is 0 Å². The topological polar surface area (TPSA) is 40.5 Å². The fraction of sp³-hybridized carbons (Fsp3) is 0.875. The number of aliphatic carboxylic acids is 1. The zero-order valence-corrected chi connectivity index (χ0v) is 8.59. The fourth-order valence-electron chi connectivity index (χ4n) is 1.58. The second-order valence-corrected chi connectivity index (χ2v) is 3.96. The van der Waals surface area contributed by atoms with E-state index in [4.69, 9.17) is 5.11 Å². The maximum absolute atomic E-state index is 10.7. The highest BCUT2D eigenvalue weighted by molar-refractivity contribution is 9.09. The van der Waals surface area contributed by atoms with E-state index in [2.05, 4.69) is 20.8 Å². The molecule has 1 heterocycles. The monoisotopic (exact) mass is 235 g/mol.